The number of hydrogen-bond donors (Lipinski definition) is 2. The summed E-state index contributed by atoms with van der Waals surface area (Å²) in [4.78, 5) is 27.2. The van der Waals surface area contributed by atoms with Crippen LogP contribution in [0.2, 0.25) is 0 Å². The van der Waals surface area contributed by atoms with Crippen LogP contribution in [0.3, 0.4) is 0 Å². The van der Waals surface area contributed by atoms with Crippen LogP contribution in [-0.2, 0) is 24.3 Å². The highest BCUT2D eigenvalue weighted by atomic mass is 32.2. The summed E-state index contributed by atoms with van der Waals surface area (Å²) in [6.07, 6.45) is 7.55. The molecule has 1 saturated carbocycles. The summed E-state index contributed by atoms with van der Waals surface area (Å²) in [5.41, 5.74) is 1.81. The number of piperidine rings is 1. The molecule has 2 atom stereocenters. The van der Waals surface area contributed by atoms with E-state index in [0.29, 0.717) is 49.8 Å². The summed E-state index contributed by atoms with van der Waals surface area (Å²) in [5.74, 6) is -0.0813. The molecule has 2 aliphatic rings. The summed E-state index contributed by atoms with van der Waals surface area (Å²) < 4.78 is 35.6. The average Bonchev–Trinajstić information content (AvgIpc) is 3.46. The van der Waals surface area contributed by atoms with E-state index in [-0.39, 0.29) is 22.7 Å². The number of anilines is 2. The summed E-state index contributed by atoms with van der Waals surface area (Å²) in [7, 11) is -3.98. The minimum Gasteiger partial charge on any atom is -0.466 e. The van der Waals surface area contributed by atoms with Crippen LogP contribution in [0.25, 0.3) is 0 Å². The van der Waals surface area contributed by atoms with Gasteiger partial charge >= 0.3 is 5.97 Å². The van der Waals surface area contributed by atoms with Crippen LogP contribution in [0.4, 0.5) is 11.4 Å². The minimum absolute atomic E-state index is 0.0865. The maximum absolute atomic E-state index is 13.8. The first-order valence-electron chi connectivity index (χ1n) is 14.2. The molecular weight excluding hydrogens is 514 g/mol. The van der Waals surface area contributed by atoms with Crippen LogP contribution in [0.15, 0.2) is 53.4 Å². The van der Waals surface area contributed by atoms with E-state index in [1.165, 1.54) is 31.7 Å². The Morgan fingerprint density at radius 2 is 1.79 bits per heavy atom. The Morgan fingerprint density at radius 3 is 2.51 bits per heavy atom. The molecule has 212 valence electrons. The van der Waals surface area contributed by atoms with Crippen molar-refractivity contribution in [1.82, 2.24) is 4.72 Å². The van der Waals surface area contributed by atoms with Gasteiger partial charge in [-0.05, 0) is 62.8 Å². The van der Waals surface area contributed by atoms with E-state index in [1.807, 2.05) is 35.2 Å². The maximum atomic E-state index is 13.8. The summed E-state index contributed by atoms with van der Waals surface area (Å²) >= 11 is 0. The third-order valence-corrected chi connectivity index (χ3v) is 9.37. The molecule has 0 bridgehead atoms. The molecule has 39 heavy (non-hydrogen) atoms. The molecule has 2 fully saturated rings. The standard InChI is InChI=1S/C30H41N3O5S/c1-3-38-30(35)25-14-9-19-33(21-25)27-17-16-26(31-29(34)18-15-23-10-7-8-11-23)20-28(27)39(36,37)32-22(2)24-12-5-4-6-13-24/h4-6,12-13,16-17,20,22-23,25,32H,3,7-11,14-15,18-19,21H2,1-2H3,(H,31,34)/t22-,25+/m0/s1. The zero-order chi connectivity index (χ0) is 27.8. The van der Waals surface area contributed by atoms with Gasteiger partial charge in [0.1, 0.15) is 4.90 Å². The van der Waals surface area contributed by atoms with Crippen LogP contribution < -0.4 is 14.9 Å². The molecule has 0 spiro atoms. The number of hydrogen-bond acceptors (Lipinski definition) is 6. The molecule has 2 aromatic carbocycles. The summed E-state index contributed by atoms with van der Waals surface area (Å²) in [5, 5.41) is 2.91. The number of carbonyl (C=O) groups is 2. The largest absolute Gasteiger partial charge is 0.466 e. The van der Waals surface area contributed by atoms with Gasteiger partial charge in [-0.1, -0.05) is 56.0 Å². The van der Waals surface area contributed by atoms with Crippen molar-refractivity contribution < 1.29 is 22.7 Å². The van der Waals surface area contributed by atoms with Crippen LogP contribution in [0.5, 0.6) is 0 Å². The summed E-state index contributed by atoms with van der Waals surface area (Å²) in [6.45, 7) is 4.90. The van der Waals surface area contributed by atoms with Crippen molar-refractivity contribution >= 4 is 33.3 Å². The maximum Gasteiger partial charge on any atom is 0.310 e. The Labute approximate surface area is 232 Å². The van der Waals surface area contributed by atoms with Crippen molar-refractivity contribution in [2.24, 2.45) is 11.8 Å². The SMILES string of the molecule is CCOC(=O)[C@@H]1CCCN(c2ccc(NC(=O)CCC3CCCC3)cc2S(=O)(=O)N[C@@H](C)c2ccccc2)C1. The molecule has 9 heteroatoms. The Kier molecular flexibility index (Phi) is 10.0. The lowest BCUT2D eigenvalue weighted by Crippen LogP contribution is -2.40. The van der Waals surface area contributed by atoms with Crippen molar-refractivity contribution in [3.05, 3.63) is 54.1 Å². The third-order valence-electron chi connectivity index (χ3n) is 7.80. The molecule has 0 unspecified atom stereocenters. The van der Waals surface area contributed by atoms with E-state index in [0.717, 1.165) is 18.4 Å². The molecule has 2 N–H and O–H groups in total. The second-order valence-corrected chi connectivity index (χ2v) is 12.4. The van der Waals surface area contributed by atoms with E-state index in [9.17, 15) is 18.0 Å². The highest BCUT2D eigenvalue weighted by Gasteiger charge is 2.31. The summed E-state index contributed by atoms with van der Waals surface area (Å²) in [6, 6.07) is 14.0. The topological polar surface area (TPSA) is 105 Å². The quantitative estimate of drug-likeness (QED) is 0.359. The van der Waals surface area contributed by atoms with Crippen LogP contribution >= 0.6 is 0 Å². The Balaban J connectivity index is 1.58. The Morgan fingerprint density at radius 1 is 1.05 bits per heavy atom. The zero-order valence-corrected chi connectivity index (χ0v) is 23.8. The van der Waals surface area contributed by atoms with Crippen LogP contribution in [0, 0.1) is 11.8 Å². The highest BCUT2D eigenvalue weighted by molar-refractivity contribution is 7.89. The van der Waals surface area contributed by atoms with E-state index in [4.69, 9.17) is 4.74 Å². The van der Waals surface area contributed by atoms with Gasteiger partial charge in [0.2, 0.25) is 15.9 Å². The number of rotatable bonds is 11. The van der Waals surface area contributed by atoms with E-state index in [1.54, 1.807) is 26.0 Å². The zero-order valence-electron chi connectivity index (χ0n) is 23.0. The molecule has 1 aliphatic heterocycles. The Bertz CT molecular complexity index is 1230. The van der Waals surface area contributed by atoms with Gasteiger partial charge in [-0.15, -0.1) is 0 Å². The molecular formula is C30H41N3O5S. The fraction of sp³-hybridized carbons (Fsp3) is 0.533. The van der Waals surface area contributed by atoms with Crippen LogP contribution in [0.1, 0.15) is 76.8 Å². The van der Waals surface area contributed by atoms with Gasteiger partial charge in [0.05, 0.1) is 18.2 Å². The van der Waals surface area contributed by atoms with E-state index < -0.39 is 16.1 Å². The fourth-order valence-corrected chi connectivity index (χ4v) is 7.16. The molecule has 0 radical (unpaired) electrons. The highest BCUT2D eigenvalue weighted by Crippen LogP contribution is 2.33. The first-order chi connectivity index (χ1) is 18.8. The Hall–Kier alpha value is -2.91. The third kappa shape index (κ3) is 7.82. The molecule has 2 aromatic rings. The van der Waals surface area contributed by atoms with Crippen molar-refractivity contribution in [3.8, 4) is 0 Å². The van der Waals surface area contributed by atoms with Crippen LogP contribution in [-0.4, -0.2) is 40.0 Å². The number of carbonyl (C=O) groups excluding carboxylic acids is 2. The average molecular weight is 556 g/mol. The predicted molar refractivity (Wildman–Crippen MR) is 153 cm³/mol. The molecule has 1 amide bonds. The van der Waals surface area contributed by atoms with Gasteiger partial charge < -0.3 is 15.0 Å². The van der Waals surface area contributed by atoms with Crippen molar-refractivity contribution in [1.29, 1.82) is 0 Å². The molecule has 4 rings (SSSR count). The lowest BCUT2D eigenvalue weighted by molar-refractivity contribution is -0.148. The molecule has 1 aliphatic carbocycles. The molecule has 1 saturated heterocycles. The second kappa shape index (κ2) is 13.4. The van der Waals surface area contributed by atoms with E-state index in [2.05, 4.69) is 10.0 Å². The van der Waals surface area contributed by atoms with Crippen molar-refractivity contribution in [2.75, 3.05) is 29.9 Å². The van der Waals surface area contributed by atoms with Crippen molar-refractivity contribution in [2.45, 2.75) is 76.2 Å². The number of nitrogens with zero attached hydrogens (tertiary/aromatic N) is 1. The van der Waals surface area contributed by atoms with Gasteiger partial charge in [0.25, 0.3) is 0 Å². The fourth-order valence-electron chi connectivity index (χ4n) is 5.68. The van der Waals surface area contributed by atoms with Gasteiger partial charge in [0.15, 0.2) is 0 Å². The van der Waals surface area contributed by atoms with Gasteiger partial charge in [-0.2, -0.15) is 0 Å². The number of ether oxygens (including phenoxy) is 1. The number of esters is 1. The smallest absolute Gasteiger partial charge is 0.310 e. The normalized spacial score (nSPS) is 19.0. The molecule has 8 nitrogen and oxygen atoms in total. The number of nitrogens with one attached hydrogen (secondary N) is 2. The van der Waals surface area contributed by atoms with Gasteiger partial charge in [-0.3, -0.25) is 9.59 Å². The van der Waals surface area contributed by atoms with Gasteiger partial charge in [-0.25, -0.2) is 13.1 Å². The lowest BCUT2D eigenvalue weighted by atomic mass is 9.97. The van der Waals surface area contributed by atoms with Crippen molar-refractivity contribution in [3.63, 3.8) is 0 Å². The first-order valence-corrected chi connectivity index (χ1v) is 15.7. The number of sulfonamides is 1. The molecule has 0 aromatic heterocycles. The second-order valence-electron chi connectivity index (χ2n) is 10.7. The van der Waals surface area contributed by atoms with E-state index >= 15 is 0 Å². The lowest BCUT2D eigenvalue weighted by Gasteiger charge is -2.34. The number of amides is 1. The number of benzene rings is 2. The van der Waals surface area contributed by atoms with Gasteiger partial charge in [0, 0.05) is 31.2 Å². The molecule has 1 heterocycles. The monoisotopic (exact) mass is 555 g/mol. The first kappa shape index (κ1) is 29.1. The predicted octanol–water partition coefficient (Wildman–Crippen LogP) is 5.41. The minimum atomic E-state index is -3.98.